The molecule has 0 radical (unpaired) electrons. The number of anilines is 2. The maximum absolute atomic E-state index is 12.1. The summed E-state index contributed by atoms with van der Waals surface area (Å²) in [4.78, 5) is 23.2. The van der Waals surface area contributed by atoms with Gasteiger partial charge in [-0.15, -0.1) is 0 Å². The zero-order chi connectivity index (χ0) is 18.4. The fourth-order valence-electron chi connectivity index (χ4n) is 2.70. The first kappa shape index (κ1) is 18.4. The molecule has 2 aromatic rings. The molecule has 0 aliphatic carbocycles. The maximum Gasteiger partial charge on any atom is 0.251 e. The number of benzene rings is 1. The van der Waals surface area contributed by atoms with Crippen LogP contribution in [-0.2, 0) is 4.74 Å². The molecule has 0 saturated carbocycles. The van der Waals surface area contributed by atoms with E-state index in [1.165, 1.54) is 0 Å². The lowest BCUT2D eigenvalue weighted by molar-refractivity contribution is 0.0955. The molecule has 1 aromatic carbocycles. The van der Waals surface area contributed by atoms with Gasteiger partial charge in [0.25, 0.3) is 5.91 Å². The molecule has 0 spiro atoms. The molecule has 2 N–H and O–H groups in total. The van der Waals surface area contributed by atoms with Crippen LogP contribution in [0.1, 0.15) is 16.2 Å². The van der Waals surface area contributed by atoms with Crippen LogP contribution in [-0.4, -0.2) is 55.3 Å². The molecule has 138 valence electrons. The van der Waals surface area contributed by atoms with Gasteiger partial charge < -0.3 is 20.3 Å². The minimum Gasteiger partial charge on any atom is -0.378 e. The van der Waals surface area contributed by atoms with Crippen LogP contribution >= 0.6 is 11.6 Å². The van der Waals surface area contributed by atoms with Crippen molar-refractivity contribution >= 4 is 29.1 Å². The zero-order valence-corrected chi connectivity index (χ0v) is 15.4. The number of morpholine rings is 1. The number of hydrogen-bond acceptors (Lipinski definition) is 6. The lowest BCUT2D eigenvalue weighted by atomic mass is 10.2. The average Bonchev–Trinajstić information content (AvgIpc) is 2.65. The molecular formula is C18H22ClN5O2. The van der Waals surface area contributed by atoms with E-state index in [9.17, 15) is 4.79 Å². The second kappa shape index (κ2) is 8.82. The highest BCUT2D eigenvalue weighted by molar-refractivity contribution is 6.30. The molecule has 1 amide bonds. The molecule has 1 aliphatic heterocycles. The Hall–Kier alpha value is -2.38. The van der Waals surface area contributed by atoms with Crippen molar-refractivity contribution in [2.45, 2.75) is 6.92 Å². The lowest BCUT2D eigenvalue weighted by Crippen LogP contribution is -2.37. The van der Waals surface area contributed by atoms with Gasteiger partial charge in [0.1, 0.15) is 17.5 Å². The maximum atomic E-state index is 12.1. The summed E-state index contributed by atoms with van der Waals surface area (Å²) in [7, 11) is 0. The number of rotatable bonds is 6. The summed E-state index contributed by atoms with van der Waals surface area (Å²) in [5, 5.41) is 6.64. The van der Waals surface area contributed by atoms with E-state index in [1.54, 1.807) is 24.3 Å². The first-order chi connectivity index (χ1) is 12.6. The van der Waals surface area contributed by atoms with Gasteiger partial charge in [-0.05, 0) is 25.1 Å². The molecule has 2 heterocycles. The summed E-state index contributed by atoms with van der Waals surface area (Å²) >= 11 is 5.91. The number of carbonyl (C=O) groups excluding carboxylic acids is 1. The number of nitrogens with one attached hydrogen (secondary N) is 2. The van der Waals surface area contributed by atoms with E-state index >= 15 is 0 Å². The van der Waals surface area contributed by atoms with Crippen molar-refractivity contribution in [3.63, 3.8) is 0 Å². The second-order valence-corrected chi connectivity index (χ2v) is 6.39. The molecular weight excluding hydrogens is 354 g/mol. The third kappa shape index (κ3) is 5.06. The van der Waals surface area contributed by atoms with E-state index in [0.717, 1.165) is 24.7 Å². The summed E-state index contributed by atoms with van der Waals surface area (Å²) in [5.41, 5.74) is 0.546. The Morgan fingerprint density at radius 2 is 2.04 bits per heavy atom. The highest BCUT2D eigenvalue weighted by Crippen LogP contribution is 2.17. The van der Waals surface area contributed by atoms with E-state index in [0.29, 0.717) is 42.7 Å². The summed E-state index contributed by atoms with van der Waals surface area (Å²) in [6, 6.07) is 8.80. The number of aryl methyl sites for hydroxylation is 1. The third-order valence-corrected chi connectivity index (χ3v) is 4.20. The van der Waals surface area contributed by atoms with Crippen molar-refractivity contribution in [2.24, 2.45) is 0 Å². The average molecular weight is 376 g/mol. The lowest BCUT2D eigenvalue weighted by Gasteiger charge is -2.28. The van der Waals surface area contributed by atoms with E-state index in [-0.39, 0.29) is 5.91 Å². The summed E-state index contributed by atoms with van der Waals surface area (Å²) in [6.45, 7) is 5.97. The van der Waals surface area contributed by atoms with Gasteiger partial charge in [0, 0.05) is 42.8 Å². The Morgan fingerprint density at radius 1 is 1.23 bits per heavy atom. The molecule has 1 aromatic heterocycles. The number of ether oxygens (including phenoxy) is 1. The molecule has 0 unspecified atom stereocenters. The van der Waals surface area contributed by atoms with Crippen molar-refractivity contribution in [2.75, 3.05) is 49.6 Å². The smallest absolute Gasteiger partial charge is 0.251 e. The van der Waals surface area contributed by atoms with E-state index in [2.05, 4.69) is 25.5 Å². The van der Waals surface area contributed by atoms with E-state index in [1.807, 2.05) is 13.0 Å². The molecule has 0 atom stereocenters. The van der Waals surface area contributed by atoms with Gasteiger partial charge in [0.15, 0.2) is 0 Å². The van der Waals surface area contributed by atoms with Crippen molar-refractivity contribution in [1.82, 2.24) is 15.3 Å². The summed E-state index contributed by atoms with van der Waals surface area (Å²) < 4.78 is 5.38. The van der Waals surface area contributed by atoms with Gasteiger partial charge in [-0.1, -0.05) is 17.7 Å². The van der Waals surface area contributed by atoms with Gasteiger partial charge in [-0.3, -0.25) is 4.79 Å². The number of aromatic nitrogens is 2. The van der Waals surface area contributed by atoms with Gasteiger partial charge in [0.2, 0.25) is 0 Å². The predicted molar refractivity (Wildman–Crippen MR) is 102 cm³/mol. The normalized spacial score (nSPS) is 14.2. The van der Waals surface area contributed by atoms with Crippen molar-refractivity contribution < 1.29 is 9.53 Å². The molecule has 1 aliphatic rings. The van der Waals surface area contributed by atoms with Crippen LogP contribution in [0.2, 0.25) is 5.02 Å². The quantitative estimate of drug-likeness (QED) is 0.753. The van der Waals surface area contributed by atoms with Crippen LogP contribution in [0, 0.1) is 6.92 Å². The predicted octanol–water partition coefficient (Wildman–Crippen LogP) is 2.12. The molecule has 26 heavy (non-hydrogen) atoms. The number of nitrogens with zero attached hydrogens (tertiary/aromatic N) is 3. The van der Waals surface area contributed by atoms with Crippen LogP contribution in [0.3, 0.4) is 0 Å². The molecule has 3 rings (SSSR count). The van der Waals surface area contributed by atoms with Gasteiger partial charge in [0.05, 0.1) is 13.2 Å². The zero-order valence-electron chi connectivity index (χ0n) is 14.7. The van der Waals surface area contributed by atoms with Gasteiger partial charge >= 0.3 is 0 Å². The van der Waals surface area contributed by atoms with Crippen molar-refractivity contribution in [1.29, 1.82) is 0 Å². The largest absolute Gasteiger partial charge is 0.378 e. The summed E-state index contributed by atoms with van der Waals surface area (Å²) in [6.07, 6.45) is 0. The molecule has 8 heteroatoms. The number of hydrogen-bond donors (Lipinski definition) is 2. The van der Waals surface area contributed by atoms with Crippen LogP contribution < -0.4 is 15.5 Å². The first-order valence-corrected chi connectivity index (χ1v) is 8.95. The second-order valence-electron chi connectivity index (χ2n) is 5.95. The number of carbonyl (C=O) groups is 1. The Balaban J connectivity index is 1.51. The van der Waals surface area contributed by atoms with E-state index < -0.39 is 0 Å². The van der Waals surface area contributed by atoms with Gasteiger partial charge in [-0.2, -0.15) is 0 Å². The fourth-order valence-corrected chi connectivity index (χ4v) is 2.89. The minimum atomic E-state index is -0.151. The Bertz CT molecular complexity index is 765. The molecule has 1 fully saturated rings. The fraction of sp³-hybridized carbons (Fsp3) is 0.389. The highest BCUT2D eigenvalue weighted by Gasteiger charge is 2.14. The number of amides is 1. The molecule has 1 saturated heterocycles. The Labute approximate surface area is 157 Å². The monoisotopic (exact) mass is 375 g/mol. The van der Waals surface area contributed by atoms with Crippen LogP contribution in [0.25, 0.3) is 0 Å². The first-order valence-electron chi connectivity index (χ1n) is 8.58. The van der Waals surface area contributed by atoms with Crippen LogP contribution in [0.5, 0.6) is 0 Å². The Morgan fingerprint density at radius 3 is 2.81 bits per heavy atom. The third-order valence-electron chi connectivity index (χ3n) is 3.96. The van der Waals surface area contributed by atoms with Gasteiger partial charge in [-0.25, -0.2) is 9.97 Å². The topological polar surface area (TPSA) is 79.4 Å². The SMILES string of the molecule is Cc1nc(NCCNC(=O)c2cccc(Cl)c2)cc(N2CCOCC2)n1. The standard InChI is InChI=1S/C18H22ClN5O2/c1-13-22-16(12-17(23-13)24-7-9-26-10-8-24)20-5-6-21-18(25)14-3-2-4-15(19)11-14/h2-4,11-12H,5-10H2,1H3,(H,21,25)(H,20,22,23). The Kier molecular flexibility index (Phi) is 6.25. The number of halogens is 1. The highest BCUT2D eigenvalue weighted by atomic mass is 35.5. The summed E-state index contributed by atoms with van der Waals surface area (Å²) in [5.74, 6) is 2.20. The van der Waals surface area contributed by atoms with Crippen LogP contribution in [0.15, 0.2) is 30.3 Å². The van der Waals surface area contributed by atoms with Crippen LogP contribution in [0.4, 0.5) is 11.6 Å². The minimum absolute atomic E-state index is 0.151. The van der Waals surface area contributed by atoms with Crippen molar-refractivity contribution in [3.05, 3.63) is 46.7 Å². The van der Waals surface area contributed by atoms with Crippen molar-refractivity contribution in [3.8, 4) is 0 Å². The molecule has 0 bridgehead atoms. The van der Waals surface area contributed by atoms with E-state index in [4.69, 9.17) is 16.3 Å². The molecule has 7 nitrogen and oxygen atoms in total.